The van der Waals surface area contributed by atoms with E-state index >= 15 is 0 Å². The molecule has 1 aliphatic heterocycles. The first kappa shape index (κ1) is 13.2. The highest BCUT2D eigenvalue weighted by molar-refractivity contribution is 5.72. The molecule has 0 aromatic heterocycles. The normalized spacial score (nSPS) is 14.8. The number of fused-ring (bicyclic) bond motifs is 1. The molecule has 3 heteroatoms. The standard InChI is InChI=1S/C15H25N3/c1-17-12-13-18(11-7-3-2-6-10-16)15-9-5-4-8-14(15)17/h4-5,8-9H,2-3,6-7,10-13,16H2,1H3. The van der Waals surface area contributed by atoms with E-state index in [4.69, 9.17) is 5.73 Å². The molecule has 0 saturated heterocycles. The van der Waals surface area contributed by atoms with Crippen LogP contribution >= 0.6 is 0 Å². The smallest absolute Gasteiger partial charge is 0.0604 e. The van der Waals surface area contributed by atoms with Crippen LogP contribution in [0.15, 0.2) is 24.3 Å². The van der Waals surface area contributed by atoms with Gasteiger partial charge in [-0.1, -0.05) is 25.0 Å². The van der Waals surface area contributed by atoms with Gasteiger partial charge in [0.2, 0.25) is 0 Å². The number of benzene rings is 1. The predicted octanol–water partition coefficient (Wildman–Crippen LogP) is 2.46. The molecule has 0 bridgehead atoms. The molecule has 1 heterocycles. The van der Waals surface area contributed by atoms with E-state index in [2.05, 4.69) is 41.1 Å². The second-order valence-corrected chi connectivity index (χ2v) is 5.10. The van der Waals surface area contributed by atoms with Crippen molar-refractivity contribution in [3.63, 3.8) is 0 Å². The molecule has 2 N–H and O–H groups in total. The van der Waals surface area contributed by atoms with Crippen LogP contribution in [0.1, 0.15) is 25.7 Å². The lowest BCUT2D eigenvalue weighted by Gasteiger charge is -2.37. The summed E-state index contributed by atoms with van der Waals surface area (Å²) < 4.78 is 0. The average molecular weight is 247 g/mol. The van der Waals surface area contributed by atoms with Gasteiger partial charge in [-0.15, -0.1) is 0 Å². The summed E-state index contributed by atoms with van der Waals surface area (Å²) in [5.41, 5.74) is 8.28. The lowest BCUT2D eigenvalue weighted by molar-refractivity contribution is 0.621. The Balaban J connectivity index is 1.89. The van der Waals surface area contributed by atoms with Crippen LogP contribution in [0.25, 0.3) is 0 Å². The van der Waals surface area contributed by atoms with Gasteiger partial charge in [0.05, 0.1) is 11.4 Å². The maximum absolute atomic E-state index is 5.52. The molecule has 0 unspecified atom stereocenters. The Morgan fingerprint density at radius 1 is 1.00 bits per heavy atom. The van der Waals surface area contributed by atoms with Crippen molar-refractivity contribution in [2.75, 3.05) is 43.0 Å². The molecule has 0 saturated carbocycles. The number of hydrogen-bond donors (Lipinski definition) is 1. The van der Waals surface area contributed by atoms with Crippen LogP contribution in [0.5, 0.6) is 0 Å². The summed E-state index contributed by atoms with van der Waals surface area (Å²) in [7, 11) is 2.18. The van der Waals surface area contributed by atoms with Crippen LogP contribution in [-0.2, 0) is 0 Å². The first-order chi connectivity index (χ1) is 8.83. The average Bonchev–Trinajstić information content (AvgIpc) is 2.41. The zero-order chi connectivity index (χ0) is 12.8. The fourth-order valence-electron chi connectivity index (χ4n) is 2.60. The summed E-state index contributed by atoms with van der Waals surface area (Å²) in [4.78, 5) is 4.87. The van der Waals surface area contributed by atoms with Crippen LogP contribution in [0.4, 0.5) is 11.4 Å². The highest BCUT2D eigenvalue weighted by Gasteiger charge is 2.18. The maximum atomic E-state index is 5.52. The Morgan fingerprint density at radius 3 is 2.50 bits per heavy atom. The number of nitrogens with two attached hydrogens (primary N) is 1. The van der Waals surface area contributed by atoms with E-state index < -0.39 is 0 Å². The molecule has 100 valence electrons. The molecule has 0 amide bonds. The van der Waals surface area contributed by atoms with Crippen LogP contribution < -0.4 is 15.5 Å². The van der Waals surface area contributed by atoms with E-state index in [0.717, 1.165) is 19.6 Å². The zero-order valence-corrected chi connectivity index (χ0v) is 11.4. The van der Waals surface area contributed by atoms with E-state index in [0.29, 0.717) is 0 Å². The quantitative estimate of drug-likeness (QED) is 0.784. The molecule has 0 atom stereocenters. The zero-order valence-electron chi connectivity index (χ0n) is 11.4. The summed E-state index contributed by atoms with van der Waals surface area (Å²) in [6.45, 7) is 4.27. The van der Waals surface area contributed by atoms with Crippen molar-refractivity contribution < 1.29 is 0 Å². The molecule has 1 aliphatic rings. The predicted molar refractivity (Wildman–Crippen MR) is 79.4 cm³/mol. The van der Waals surface area contributed by atoms with Crippen molar-refractivity contribution in [1.82, 2.24) is 0 Å². The summed E-state index contributed by atoms with van der Waals surface area (Å²) in [5, 5.41) is 0. The van der Waals surface area contributed by atoms with Gasteiger partial charge in [-0.05, 0) is 31.5 Å². The van der Waals surface area contributed by atoms with E-state index in [1.54, 1.807) is 0 Å². The third kappa shape index (κ3) is 3.16. The van der Waals surface area contributed by atoms with Crippen molar-refractivity contribution in [3.8, 4) is 0 Å². The first-order valence-electron chi connectivity index (χ1n) is 7.08. The van der Waals surface area contributed by atoms with E-state index in [1.807, 2.05) is 0 Å². The second kappa shape index (κ2) is 6.64. The molecule has 0 spiro atoms. The topological polar surface area (TPSA) is 32.5 Å². The third-order valence-electron chi connectivity index (χ3n) is 3.72. The van der Waals surface area contributed by atoms with E-state index in [9.17, 15) is 0 Å². The summed E-state index contributed by atoms with van der Waals surface area (Å²) in [6, 6.07) is 8.72. The Kier molecular flexibility index (Phi) is 4.88. The summed E-state index contributed by atoms with van der Waals surface area (Å²) in [6.07, 6.45) is 5.01. The highest BCUT2D eigenvalue weighted by Crippen LogP contribution is 2.31. The van der Waals surface area contributed by atoms with Crippen molar-refractivity contribution >= 4 is 11.4 Å². The number of unbranched alkanes of at least 4 members (excludes halogenated alkanes) is 3. The van der Waals surface area contributed by atoms with Crippen molar-refractivity contribution in [3.05, 3.63) is 24.3 Å². The van der Waals surface area contributed by atoms with Gasteiger partial charge in [-0.2, -0.15) is 0 Å². The lowest BCUT2D eigenvalue weighted by atomic mass is 10.1. The molecule has 18 heavy (non-hydrogen) atoms. The minimum Gasteiger partial charge on any atom is -0.371 e. The summed E-state index contributed by atoms with van der Waals surface area (Å²) >= 11 is 0. The Hall–Kier alpha value is -1.22. The fraction of sp³-hybridized carbons (Fsp3) is 0.600. The van der Waals surface area contributed by atoms with Crippen molar-refractivity contribution in [2.24, 2.45) is 5.73 Å². The molecular formula is C15H25N3. The number of likely N-dealkylation sites (N-methyl/N-ethyl adjacent to an activating group) is 1. The molecule has 1 aromatic carbocycles. The molecule has 2 rings (SSSR count). The highest BCUT2D eigenvalue weighted by atomic mass is 15.2. The Labute approximate surface area is 111 Å². The molecule has 0 aliphatic carbocycles. The van der Waals surface area contributed by atoms with Gasteiger partial charge in [0.25, 0.3) is 0 Å². The van der Waals surface area contributed by atoms with Crippen LogP contribution in [0.2, 0.25) is 0 Å². The van der Waals surface area contributed by atoms with Crippen LogP contribution in [0, 0.1) is 0 Å². The van der Waals surface area contributed by atoms with Gasteiger partial charge < -0.3 is 15.5 Å². The lowest BCUT2D eigenvalue weighted by Crippen LogP contribution is -2.39. The Bertz CT molecular complexity index is 365. The molecule has 1 aromatic rings. The molecule has 0 radical (unpaired) electrons. The molecule has 0 fully saturated rings. The third-order valence-corrected chi connectivity index (χ3v) is 3.72. The van der Waals surface area contributed by atoms with Crippen molar-refractivity contribution in [1.29, 1.82) is 0 Å². The SMILES string of the molecule is CN1CCN(CCCCCCN)c2ccccc21. The minimum absolute atomic E-state index is 0.831. The van der Waals surface area contributed by atoms with Gasteiger partial charge in [0, 0.05) is 26.7 Å². The fourth-order valence-corrected chi connectivity index (χ4v) is 2.60. The largest absolute Gasteiger partial charge is 0.371 e. The van der Waals surface area contributed by atoms with Crippen molar-refractivity contribution in [2.45, 2.75) is 25.7 Å². The number of rotatable bonds is 6. The minimum atomic E-state index is 0.831. The van der Waals surface area contributed by atoms with Gasteiger partial charge in [-0.3, -0.25) is 0 Å². The van der Waals surface area contributed by atoms with Crippen LogP contribution in [0.3, 0.4) is 0 Å². The van der Waals surface area contributed by atoms with E-state index in [-0.39, 0.29) is 0 Å². The summed E-state index contributed by atoms with van der Waals surface area (Å²) in [5.74, 6) is 0. The number of hydrogen-bond acceptors (Lipinski definition) is 3. The van der Waals surface area contributed by atoms with Gasteiger partial charge in [-0.25, -0.2) is 0 Å². The van der Waals surface area contributed by atoms with Gasteiger partial charge in [0.15, 0.2) is 0 Å². The number of para-hydroxylation sites is 2. The monoisotopic (exact) mass is 247 g/mol. The Morgan fingerprint density at radius 2 is 1.72 bits per heavy atom. The molecule has 3 nitrogen and oxygen atoms in total. The van der Waals surface area contributed by atoms with Gasteiger partial charge >= 0.3 is 0 Å². The number of anilines is 2. The second-order valence-electron chi connectivity index (χ2n) is 5.10. The van der Waals surface area contributed by atoms with Crippen LogP contribution in [-0.4, -0.2) is 33.2 Å². The molecular weight excluding hydrogens is 222 g/mol. The van der Waals surface area contributed by atoms with E-state index in [1.165, 1.54) is 43.6 Å². The first-order valence-corrected chi connectivity index (χ1v) is 7.08. The maximum Gasteiger partial charge on any atom is 0.0604 e. The number of nitrogens with zero attached hydrogens (tertiary/aromatic N) is 2. The van der Waals surface area contributed by atoms with Gasteiger partial charge in [0.1, 0.15) is 0 Å².